The summed E-state index contributed by atoms with van der Waals surface area (Å²) in [5.41, 5.74) is 0. The zero-order valence-electron chi connectivity index (χ0n) is 9.94. The first-order chi connectivity index (χ1) is 7.79. The van der Waals surface area contributed by atoms with Crippen molar-refractivity contribution in [3.63, 3.8) is 0 Å². The van der Waals surface area contributed by atoms with Gasteiger partial charge in [-0.2, -0.15) is 0 Å². The van der Waals surface area contributed by atoms with Crippen molar-refractivity contribution in [3.8, 4) is 5.88 Å². The first-order valence-electron chi connectivity index (χ1n) is 5.92. The zero-order chi connectivity index (χ0) is 11.4. The van der Waals surface area contributed by atoms with Gasteiger partial charge in [0.05, 0.1) is 7.11 Å². The fraction of sp³-hybridized carbons (Fsp3) is 0.667. The van der Waals surface area contributed by atoms with Crippen molar-refractivity contribution in [2.24, 2.45) is 5.92 Å². The lowest BCUT2D eigenvalue weighted by atomic mass is 10.00. The van der Waals surface area contributed by atoms with Crippen LogP contribution in [0.25, 0.3) is 0 Å². The number of nitrogens with zero attached hydrogens (tertiary/aromatic N) is 2. The van der Waals surface area contributed by atoms with E-state index in [-0.39, 0.29) is 0 Å². The van der Waals surface area contributed by atoms with Gasteiger partial charge in [0.25, 0.3) is 0 Å². The number of hydrogen-bond acceptors (Lipinski definition) is 4. The van der Waals surface area contributed by atoms with Gasteiger partial charge < -0.3 is 10.1 Å². The van der Waals surface area contributed by atoms with E-state index < -0.39 is 0 Å². The van der Waals surface area contributed by atoms with Crippen molar-refractivity contribution in [2.75, 3.05) is 12.4 Å². The van der Waals surface area contributed by atoms with E-state index in [9.17, 15) is 0 Å². The molecular formula is C12H19N3O. The molecule has 1 unspecified atom stereocenters. The Morgan fingerprint density at radius 1 is 1.38 bits per heavy atom. The standard InChI is InChI=1S/C12H19N3O/c1-9(10-5-3-4-6-10)15-11-7-12(16-2)14-8-13-11/h7-10H,3-6H2,1-2H3,(H,13,14,15). The van der Waals surface area contributed by atoms with Crippen LogP contribution in [-0.4, -0.2) is 23.1 Å². The van der Waals surface area contributed by atoms with E-state index in [0.29, 0.717) is 11.9 Å². The summed E-state index contributed by atoms with van der Waals surface area (Å²) in [5, 5.41) is 3.43. The number of ether oxygens (including phenoxy) is 1. The Morgan fingerprint density at radius 2 is 2.12 bits per heavy atom. The van der Waals surface area contributed by atoms with Crippen LogP contribution in [0.2, 0.25) is 0 Å². The summed E-state index contributed by atoms with van der Waals surface area (Å²) in [5.74, 6) is 2.24. The molecule has 1 heterocycles. The molecule has 1 saturated carbocycles. The summed E-state index contributed by atoms with van der Waals surface area (Å²) in [4.78, 5) is 8.19. The average molecular weight is 221 g/mol. The van der Waals surface area contributed by atoms with Crippen molar-refractivity contribution in [1.29, 1.82) is 0 Å². The smallest absolute Gasteiger partial charge is 0.218 e. The average Bonchev–Trinajstić information content (AvgIpc) is 2.83. The molecule has 4 heteroatoms. The summed E-state index contributed by atoms with van der Waals surface area (Å²) in [6.07, 6.45) is 6.92. The van der Waals surface area contributed by atoms with Gasteiger partial charge in [0.15, 0.2) is 0 Å². The minimum absolute atomic E-state index is 0.474. The van der Waals surface area contributed by atoms with Crippen LogP contribution in [-0.2, 0) is 0 Å². The Bertz CT molecular complexity index is 337. The topological polar surface area (TPSA) is 47.0 Å². The highest BCUT2D eigenvalue weighted by Gasteiger charge is 2.21. The molecule has 1 aromatic heterocycles. The molecule has 0 saturated heterocycles. The van der Waals surface area contributed by atoms with E-state index >= 15 is 0 Å². The van der Waals surface area contributed by atoms with Crippen LogP contribution >= 0.6 is 0 Å². The number of anilines is 1. The Morgan fingerprint density at radius 3 is 2.81 bits per heavy atom. The van der Waals surface area contributed by atoms with E-state index in [1.165, 1.54) is 32.0 Å². The molecule has 1 aromatic rings. The SMILES string of the molecule is COc1cc(NC(C)C2CCCC2)ncn1. The van der Waals surface area contributed by atoms with Crippen LogP contribution in [0, 0.1) is 5.92 Å². The van der Waals surface area contributed by atoms with Gasteiger partial charge in [0, 0.05) is 12.1 Å². The normalized spacial score (nSPS) is 18.4. The van der Waals surface area contributed by atoms with Crippen molar-refractivity contribution in [3.05, 3.63) is 12.4 Å². The largest absolute Gasteiger partial charge is 0.481 e. The van der Waals surface area contributed by atoms with Crippen LogP contribution in [0.15, 0.2) is 12.4 Å². The molecule has 1 aliphatic rings. The Hall–Kier alpha value is -1.32. The van der Waals surface area contributed by atoms with Crippen LogP contribution in [0.5, 0.6) is 5.88 Å². The molecule has 88 valence electrons. The first kappa shape index (κ1) is 11.2. The number of aromatic nitrogens is 2. The minimum atomic E-state index is 0.474. The third-order valence-electron chi connectivity index (χ3n) is 3.33. The maximum absolute atomic E-state index is 5.07. The lowest BCUT2D eigenvalue weighted by Gasteiger charge is -2.20. The second-order valence-corrected chi connectivity index (χ2v) is 4.42. The molecule has 0 amide bonds. The molecule has 1 aliphatic carbocycles. The maximum Gasteiger partial charge on any atom is 0.218 e. The fourth-order valence-electron chi connectivity index (χ4n) is 2.34. The maximum atomic E-state index is 5.07. The molecule has 0 aromatic carbocycles. The number of methoxy groups -OCH3 is 1. The lowest BCUT2D eigenvalue weighted by Crippen LogP contribution is -2.24. The van der Waals surface area contributed by atoms with Crippen LogP contribution < -0.4 is 10.1 Å². The van der Waals surface area contributed by atoms with E-state index in [4.69, 9.17) is 4.74 Å². The first-order valence-corrected chi connectivity index (χ1v) is 5.92. The summed E-state index contributed by atoms with van der Waals surface area (Å²) in [6.45, 7) is 2.23. The molecule has 0 spiro atoms. The van der Waals surface area contributed by atoms with Gasteiger partial charge in [0.2, 0.25) is 5.88 Å². The van der Waals surface area contributed by atoms with Gasteiger partial charge >= 0.3 is 0 Å². The number of rotatable bonds is 4. The van der Waals surface area contributed by atoms with Gasteiger partial charge in [-0.3, -0.25) is 0 Å². The minimum Gasteiger partial charge on any atom is -0.481 e. The molecule has 0 bridgehead atoms. The molecule has 1 fully saturated rings. The van der Waals surface area contributed by atoms with E-state index in [0.717, 1.165) is 11.7 Å². The molecule has 4 nitrogen and oxygen atoms in total. The van der Waals surface area contributed by atoms with Gasteiger partial charge in [0.1, 0.15) is 12.1 Å². The lowest BCUT2D eigenvalue weighted by molar-refractivity contribution is 0.396. The Balaban J connectivity index is 1.96. The van der Waals surface area contributed by atoms with Crippen LogP contribution in [0.3, 0.4) is 0 Å². The zero-order valence-corrected chi connectivity index (χ0v) is 9.94. The summed E-state index contributed by atoms with van der Waals surface area (Å²) in [6, 6.07) is 2.31. The Kier molecular flexibility index (Phi) is 3.59. The van der Waals surface area contributed by atoms with Crippen LogP contribution in [0.4, 0.5) is 5.82 Å². The highest BCUT2D eigenvalue weighted by Crippen LogP contribution is 2.29. The molecule has 1 atom stereocenters. The van der Waals surface area contributed by atoms with Gasteiger partial charge in [-0.15, -0.1) is 0 Å². The molecule has 16 heavy (non-hydrogen) atoms. The van der Waals surface area contributed by atoms with Crippen LogP contribution in [0.1, 0.15) is 32.6 Å². The Labute approximate surface area is 96.4 Å². The van der Waals surface area contributed by atoms with Crippen molar-refractivity contribution >= 4 is 5.82 Å². The van der Waals surface area contributed by atoms with Gasteiger partial charge in [-0.25, -0.2) is 9.97 Å². The third kappa shape index (κ3) is 2.62. The quantitative estimate of drug-likeness (QED) is 0.848. The van der Waals surface area contributed by atoms with E-state index in [1.54, 1.807) is 7.11 Å². The molecule has 2 rings (SSSR count). The third-order valence-corrected chi connectivity index (χ3v) is 3.33. The summed E-state index contributed by atoms with van der Waals surface area (Å²) >= 11 is 0. The summed E-state index contributed by atoms with van der Waals surface area (Å²) < 4.78 is 5.07. The second-order valence-electron chi connectivity index (χ2n) is 4.42. The molecule has 1 N–H and O–H groups in total. The van der Waals surface area contributed by atoms with Gasteiger partial charge in [-0.05, 0) is 25.7 Å². The molecule has 0 radical (unpaired) electrons. The monoisotopic (exact) mass is 221 g/mol. The van der Waals surface area contributed by atoms with Crippen molar-refractivity contribution in [1.82, 2.24) is 9.97 Å². The predicted octanol–water partition coefficient (Wildman–Crippen LogP) is 2.48. The molecular weight excluding hydrogens is 202 g/mol. The number of hydrogen-bond donors (Lipinski definition) is 1. The van der Waals surface area contributed by atoms with E-state index in [2.05, 4.69) is 22.2 Å². The molecule has 0 aliphatic heterocycles. The van der Waals surface area contributed by atoms with E-state index in [1.807, 2.05) is 6.07 Å². The highest BCUT2D eigenvalue weighted by molar-refractivity contribution is 5.38. The van der Waals surface area contributed by atoms with Crippen molar-refractivity contribution < 1.29 is 4.74 Å². The predicted molar refractivity (Wildman–Crippen MR) is 63.6 cm³/mol. The highest BCUT2D eigenvalue weighted by atomic mass is 16.5. The van der Waals surface area contributed by atoms with Crippen molar-refractivity contribution in [2.45, 2.75) is 38.6 Å². The summed E-state index contributed by atoms with van der Waals surface area (Å²) in [7, 11) is 1.62. The second kappa shape index (κ2) is 5.14. The number of nitrogens with one attached hydrogen (secondary N) is 1. The van der Waals surface area contributed by atoms with Gasteiger partial charge in [-0.1, -0.05) is 12.8 Å². The fourth-order valence-corrected chi connectivity index (χ4v) is 2.34.